The number of alkyl halides is 2. The molecule has 1 aliphatic rings. The average molecular weight is 572 g/mol. The summed E-state index contributed by atoms with van der Waals surface area (Å²) in [6.07, 6.45) is 8.00. The number of aromatic nitrogens is 2. The molecule has 0 aliphatic carbocycles. The molecular formula is C30H36ClF2N5O2. The van der Waals surface area contributed by atoms with Crippen molar-refractivity contribution in [2.75, 3.05) is 24.5 Å². The summed E-state index contributed by atoms with van der Waals surface area (Å²) in [6, 6.07) is 11.2. The Bertz CT molecular complexity index is 1250. The maximum absolute atomic E-state index is 12.7. The largest absolute Gasteiger partial charge is 0.435 e. The number of carbonyl (C=O) groups is 1. The maximum atomic E-state index is 12.7. The first-order valence-electron chi connectivity index (χ1n) is 13.6. The normalized spacial score (nSPS) is 15.2. The highest BCUT2D eigenvalue weighted by Crippen LogP contribution is 2.29. The van der Waals surface area contributed by atoms with E-state index in [1.807, 2.05) is 31.3 Å². The number of piperidine rings is 1. The van der Waals surface area contributed by atoms with Gasteiger partial charge in [-0.15, -0.1) is 0 Å². The Morgan fingerprint density at radius 1 is 1.12 bits per heavy atom. The van der Waals surface area contributed by atoms with E-state index in [0.29, 0.717) is 24.7 Å². The van der Waals surface area contributed by atoms with Gasteiger partial charge in [-0.1, -0.05) is 11.6 Å². The lowest BCUT2D eigenvalue weighted by Gasteiger charge is -2.42. The number of hydrogen-bond donors (Lipinski definition) is 1. The van der Waals surface area contributed by atoms with E-state index in [1.165, 1.54) is 0 Å². The van der Waals surface area contributed by atoms with Crippen LogP contribution in [0, 0.1) is 13.8 Å². The van der Waals surface area contributed by atoms with Gasteiger partial charge >= 0.3 is 6.61 Å². The number of aryl methyl sites for hydroxylation is 2. The van der Waals surface area contributed by atoms with Gasteiger partial charge in [0, 0.05) is 62.5 Å². The fraction of sp³-hybridized carbons (Fsp3) is 0.433. The molecule has 1 aliphatic heterocycles. The highest BCUT2D eigenvalue weighted by molar-refractivity contribution is 6.32. The van der Waals surface area contributed by atoms with Gasteiger partial charge in [-0.3, -0.25) is 9.78 Å². The Labute approximate surface area is 239 Å². The molecule has 0 saturated carbocycles. The molecule has 40 heavy (non-hydrogen) atoms. The smallest absolute Gasteiger partial charge is 0.387 e. The number of carbonyl (C=O) groups excluding carboxylic acids is 1. The van der Waals surface area contributed by atoms with Crippen LogP contribution in [0.2, 0.25) is 5.15 Å². The third kappa shape index (κ3) is 7.67. The standard InChI is InChI=1S/C30H36ClF2N5O2/c1-20-8-13-34-18-23(20)19-38(24-4-6-26(7-5-24)40-30(32)33)25-11-16-37(17-12-25)22(3)10-15-36-29(39)27-21(2)9-14-35-28(27)31/h4-9,13-14,18,22,25,30H,10-12,15-17,19H2,1-3H3,(H,36,39). The number of nitrogens with zero attached hydrogens (tertiary/aromatic N) is 4. The number of rotatable bonds is 11. The van der Waals surface area contributed by atoms with E-state index < -0.39 is 6.61 Å². The van der Waals surface area contributed by atoms with Crippen molar-refractivity contribution < 1.29 is 18.3 Å². The zero-order valence-electron chi connectivity index (χ0n) is 23.1. The number of hydrogen-bond acceptors (Lipinski definition) is 6. The van der Waals surface area contributed by atoms with Crippen LogP contribution in [0.15, 0.2) is 55.0 Å². The van der Waals surface area contributed by atoms with Crippen LogP contribution < -0.4 is 15.0 Å². The summed E-state index contributed by atoms with van der Waals surface area (Å²) in [7, 11) is 0. The molecule has 1 aromatic carbocycles. The van der Waals surface area contributed by atoms with Gasteiger partial charge in [0.25, 0.3) is 5.91 Å². The molecule has 3 heterocycles. The van der Waals surface area contributed by atoms with Crippen LogP contribution in [0.25, 0.3) is 0 Å². The Morgan fingerprint density at radius 2 is 1.82 bits per heavy atom. The predicted molar refractivity (Wildman–Crippen MR) is 153 cm³/mol. The quantitative estimate of drug-likeness (QED) is 0.284. The van der Waals surface area contributed by atoms with E-state index in [4.69, 9.17) is 11.6 Å². The van der Waals surface area contributed by atoms with E-state index in [1.54, 1.807) is 30.6 Å². The Hall–Kier alpha value is -3.30. The van der Waals surface area contributed by atoms with E-state index in [9.17, 15) is 13.6 Å². The second kappa shape index (κ2) is 13.9. The van der Waals surface area contributed by atoms with E-state index in [0.717, 1.165) is 54.7 Å². The van der Waals surface area contributed by atoms with Crippen molar-refractivity contribution in [1.29, 1.82) is 0 Å². The molecule has 1 saturated heterocycles. The Balaban J connectivity index is 1.36. The van der Waals surface area contributed by atoms with Crippen molar-refractivity contribution >= 4 is 23.2 Å². The van der Waals surface area contributed by atoms with Crippen LogP contribution in [0.3, 0.4) is 0 Å². The number of ether oxygens (including phenoxy) is 1. The summed E-state index contributed by atoms with van der Waals surface area (Å²) in [5.41, 5.74) is 4.48. The molecular weight excluding hydrogens is 536 g/mol. The van der Waals surface area contributed by atoms with Crippen molar-refractivity contribution in [3.05, 3.63) is 82.4 Å². The average Bonchev–Trinajstić information content (AvgIpc) is 2.93. The zero-order chi connectivity index (χ0) is 28.6. The van der Waals surface area contributed by atoms with Gasteiger partial charge in [0.15, 0.2) is 0 Å². The van der Waals surface area contributed by atoms with Crippen LogP contribution in [-0.4, -0.2) is 59.1 Å². The summed E-state index contributed by atoms with van der Waals surface area (Å²) >= 11 is 6.13. The van der Waals surface area contributed by atoms with E-state index in [2.05, 4.69) is 43.7 Å². The van der Waals surface area contributed by atoms with Crippen molar-refractivity contribution in [2.24, 2.45) is 0 Å². The summed E-state index contributed by atoms with van der Waals surface area (Å²) in [5, 5.41) is 3.20. The van der Waals surface area contributed by atoms with Gasteiger partial charge in [-0.2, -0.15) is 8.78 Å². The molecule has 1 unspecified atom stereocenters. The predicted octanol–water partition coefficient (Wildman–Crippen LogP) is 6.03. The van der Waals surface area contributed by atoms with Crippen LogP contribution in [0.5, 0.6) is 5.75 Å². The third-order valence-corrected chi connectivity index (χ3v) is 7.92. The van der Waals surface area contributed by atoms with Crippen LogP contribution in [0.1, 0.15) is 53.2 Å². The van der Waals surface area contributed by atoms with Crippen molar-refractivity contribution in [1.82, 2.24) is 20.2 Å². The lowest BCUT2D eigenvalue weighted by atomic mass is 9.99. The second-order valence-electron chi connectivity index (χ2n) is 10.3. The third-order valence-electron chi connectivity index (χ3n) is 7.63. The van der Waals surface area contributed by atoms with E-state index >= 15 is 0 Å². The molecule has 1 fully saturated rings. The van der Waals surface area contributed by atoms with Gasteiger partial charge in [0.2, 0.25) is 0 Å². The van der Waals surface area contributed by atoms with Crippen molar-refractivity contribution in [2.45, 2.75) is 65.3 Å². The molecule has 10 heteroatoms. The van der Waals surface area contributed by atoms with Crippen molar-refractivity contribution in [3.8, 4) is 5.75 Å². The first-order chi connectivity index (χ1) is 19.2. The Morgan fingerprint density at radius 3 is 2.48 bits per heavy atom. The molecule has 3 aromatic rings. The topological polar surface area (TPSA) is 70.6 Å². The lowest BCUT2D eigenvalue weighted by molar-refractivity contribution is -0.0498. The minimum atomic E-state index is -2.85. The summed E-state index contributed by atoms with van der Waals surface area (Å²) in [6.45, 7) is 6.32. The summed E-state index contributed by atoms with van der Waals surface area (Å²) in [4.78, 5) is 25.8. The molecule has 0 bridgehead atoms. The molecule has 214 valence electrons. The first-order valence-corrected chi connectivity index (χ1v) is 13.9. The van der Waals surface area contributed by atoms with Crippen LogP contribution >= 0.6 is 11.6 Å². The van der Waals surface area contributed by atoms with Gasteiger partial charge in [0.1, 0.15) is 10.9 Å². The number of halogens is 3. The van der Waals surface area contributed by atoms with Crippen LogP contribution in [0.4, 0.5) is 14.5 Å². The monoisotopic (exact) mass is 571 g/mol. The molecule has 1 atom stereocenters. The Kier molecular flexibility index (Phi) is 10.3. The molecule has 1 N–H and O–H groups in total. The number of pyridine rings is 2. The molecule has 1 amide bonds. The fourth-order valence-electron chi connectivity index (χ4n) is 5.20. The lowest BCUT2D eigenvalue weighted by Crippen LogP contribution is -2.48. The highest BCUT2D eigenvalue weighted by Gasteiger charge is 2.28. The second-order valence-corrected chi connectivity index (χ2v) is 10.6. The molecule has 2 aromatic heterocycles. The maximum Gasteiger partial charge on any atom is 0.387 e. The van der Waals surface area contributed by atoms with Gasteiger partial charge in [0.05, 0.1) is 5.56 Å². The minimum absolute atomic E-state index is 0.146. The number of anilines is 1. The highest BCUT2D eigenvalue weighted by atomic mass is 35.5. The fourth-order valence-corrected chi connectivity index (χ4v) is 5.49. The number of amides is 1. The molecule has 0 radical (unpaired) electrons. The van der Waals surface area contributed by atoms with Gasteiger partial charge < -0.3 is 19.9 Å². The van der Waals surface area contributed by atoms with Gasteiger partial charge in [-0.05, 0) is 93.1 Å². The van der Waals surface area contributed by atoms with Crippen LogP contribution in [-0.2, 0) is 6.54 Å². The van der Waals surface area contributed by atoms with Crippen molar-refractivity contribution in [3.63, 3.8) is 0 Å². The minimum Gasteiger partial charge on any atom is -0.435 e. The zero-order valence-corrected chi connectivity index (χ0v) is 23.9. The summed E-state index contributed by atoms with van der Waals surface area (Å²) in [5.74, 6) is -0.0548. The molecule has 7 nitrogen and oxygen atoms in total. The first kappa shape index (κ1) is 29.7. The summed E-state index contributed by atoms with van der Waals surface area (Å²) < 4.78 is 29.9. The number of benzene rings is 1. The van der Waals surface area contributed by atoms with E-state index in [-0.39, 0.29) is 22.9 Å². The van der Waals surface area contributed by atoms with Gasteiger partial charge in [-0.25, -0.2) is 4.98 Å². The molecule has 0 spiro atoms. The molecule has 4 rings (SSSR count). The number of likely N-dealkylation sites (tertiary alicyclic amines) is 1. The number of nitrogens with one attached hydrogen (secondary N) is 1. The SMILES string of the molecule is Cc1ccncc1CN(c1ccc(OC(F)F)cc1)C1CCN(C(C)CCNC(=O)c2c(C)ccnc2Cl)CC1.